The van der Waals surface area contributed by atoms with Crippen LogP contribution in [0.4, 0.5) is 0 Å². The first-order chi connectivity index (χ1) is 7.02. The van der Waals surface area contributed by atoms with Crippen LogP contribution in [-0.2, 0) is 9.59 Å². The van der Waals surface area contributed by atoms with Gasteiger partial charge in [0.2, 0.25) is 5.91 Å². The van der Waals surface area contributed by atoms with Gasteiger partial charge in [-0.25, -0.2) is 4.79 Å². The molecule has 0 fully saturated rings. The van der Waals surface area contributed by atoms with Crippen molar-refractivity contribution >= 4 is 11.9 Å². The summed E-state index contributed by atoms with van der Waals surface area (Å²) in [5.74, 6) is -1.75. The second-order valence-electron chi connectivity index (χ2n) is 3.37. The molecular weight excluding hydrogens is 200 g/mol. The van der Waals surface area contributed by atoms with Gasteiger partial charge >= 0.3 is 5.97 Å². The molecule has 6 nitrogen and oxygen atoms in total. The molecule has 0 rings (SSSR count). The van der Waals surface area contributed by atoms with E-state index in [4.69, 9.17) is 10.2 Å². The maximum atomic E-state index is 11.4. The maximum Gasteiger partial charge on any atom is 0.326 e. The Balaban J connectivity index is 4.15. The highest BCUT2D eigenvalue weighted by atomic mass is 16.4. The average molecular weight is 218 g/mol. The maximum absolute atomic E-state index is 11.4. The molecule has 0 aromatic carbocycles. The standard InChI is InChI=1S/C9H18N2O4/c1-6(5-10-2)8(13)11-7(3-4-12)9(14)15/h6-7,10,12H,3-5H2,1-2H3,(H,11,13)(H,14,15)/t6?,7-/m1/s1. The molecule has 0 bridgehead atoms. The largest absolute Gasteiger partial charge is 0.480 e. The predicted octanol–water partition coefficient (Wildman–Crippen LogP) is -1.21. The van der Waals surface area contributed by atoms with E-state index in [1.54, 1.807) is 14.0 Å². The van der Waals surface area contributed by atoms with Crippen LogP contribution < -0.4 is 10.6 Å². The Hall–Kier alpha value is -1.14. The number of aliphatic hydroxyl groups is 1. The van der Waals surface area contributed by atoms with Crippen molar-refractivity contribution in [2.24, 2.45) is 5.92 Å². The number of rotatable bonds is 7. The van der Waals surface area contributed by atoms with Gasteiger partial charge in [0.05, 0.1) is 0 Å². The van der Waals surface area contributed by atoms with Crippen LogP contribution in [0.5, 0.6) is 0 Å². The molecule has 1 amide bonds. The van der Waals surface area contributed by atoms with E-state index < -0.39 is 12.0 Å². The van der Waals surface area contributed by atoms with Crippen LogP contribution in [0, 0.1) is 5.92 Å². The highest BCUT2D eigenvalue weighted by Gasteiger charge is 2.21. The van der Waals surface area contributed by atoms with E-state index in [0.717, 1.165) is 0 Å². The van der Waals surface area contributed by atoms with Crippen molar-refractivity contribution in [1.82, 2.24) is 10.6 Å². The van der Waals surface area contributed by atoms with Crippen LogP contribution in [-0.4, -0.2) is 48.3 Å². The minimum absolute atomic E-state index is 0.0212. The summed E-state index contributed by atoms with van der Waals surface area (Å²) in [6.07, 6.45) is 0.0212. The number of carbonyl (C=O) groups excluding carboxylic acids is 1. The van der Waals surface area contributed by atoms with Crippen molar-refractivity contribution in [3.8, 4) is 0 Å². The first kappa shape index (κ1) is 13.9. The molecule has 4 N–H and O–H groups in total. The van der Waals surface area contributed by atoms with Gasteiger partial charge in [-0.05, 0) is 7.05 Å². The van der Waals surface area contributed by atoms with Gasteiger partial charge < -0.3 is 20.8 Å². The fraction of sp³-hybridized carbons (Fsp3) is 0.778. The van der Waals surface area contributed by atoms with Gasteiger partial charge in [0.1, 0.15) is 6.04 Å². The molecule has 6 heteroatoms. The molecule has 0 aliphatic carbocycles. The Kier molecular flexibility index (Phi) is 6.64. The van der Waals surface area contributed by atoms with Gasteiger partial charge in [-0.15, -0.1) is 0 Å². The highest BCUT2D eigenvalue weighted by molar-refractivity contribution is 5.84. The van der Waals surface area contributed by atoms with Crippen LogP contribution >= 0.6 is 0 Å². The molecule has 15 heavy (non-hydrogen) atoms. The molecular formula is C9H18N2O4. The monoisotopic (exact) mass is 218 g/mol. The molecule has 1 unspecified atom stereocenters. The molecule has 0 aromatic rings. The molecule has 0 aliphatic rings. The third-order valence-corrected chi connectivity index (χ3v) is 1.99. The summed E-state index contributed by atoms with van der Waals surface area (Å²) in [6.45, 7) is 1.92. The van der Waals surface area contributed by atoms with E-state index >= 15 is 0 Å². The summed E-state index contributed by atoms with van der Waals surface area (Å²) >= 11 is 0. The topological polar surface area (TPSA) is 98.7 Å². The van der Waals surface area contributed by atoms with Gasteiger partial charge in [0.25, 0.3) is 0 Å². The third-order valence-electron chi connectivity index (χ3n) is 1.99. The van der Waals surface area contributed by atoms with Gasteiger partial charge in [-0.1, -0.05) is 6.92 Å². The molecule has 0 spiro atoms. The van der Waals surface area contributed by atoms with Crippen molar-refractivity contribution < 1.29 is 19.8 Å². The molecule has 0 saturated carbocycles. The van der Waals surface area contributed by atoms with Crippen molar-refractivity contribution in [2.75, 3.05) is 20.2 Å². The summed E-state index contributed by atoms with van der Waals surface area (Å²) in [5, 5.41) is 22.5. The van der Waals surface area contributed by atoms with Crippen molar-refractivity contribution in [3.63, 3.8) is 0 Å². The lowest BCUT2D eigenvalue weighted by atomic mass is 10.1. The first-order valence-corrected chi connectivity index (χ1v) is 4.81. The number of aliphatic hydroxyl groups excluding tert-OH is 1. The number of hydrogen-bond donors (Lipinski definition) is 4. The minimum Gasteiger partial charge on any atom is -0.480 e. The van der Waals surface area contributed by atoms with Crippen molar-refractivity contribution in [1.29, 1.82) is 0 Å². The van der Waals surface area contributed by atoms with E-state index in [2.05, 4.69) is 10.6 Å². The Labute approximate surface area is 88.7 Å². The Morgan fingerprint density at radius 1 is 1.40 bits per heavy atom. The molecule has 0 heterocycles. The SMILES string of the molecule is CNCC(C)C(=O)N[C@H](CCO)C(=O)O. The predicted molar refractivity (Wildman–Crippen MR) is 54.4 cm³/mol. The van der Waals surface area contributed by atoms with Crippen molar-refractivity contribution in [2.45, 2.75) is 19.4 Å². The fourth-order valence-corrected chi connectivity index (χ4v) is 1.10. The van der Waals surface area contributed by atoms with Crippen LogP contribution in [0.1, 0.15) is 13.3 Å². The second kappa shape index (κ2) is 7.19. The lowest BCUT2D eigenvalue weighted by Gasteiger charge is -2.16. The number of hydrogen-bond acceptors (Lipinski definition) is 4. The zero-order chi connectivity index (χ0) is 11.8. The van der Waals surface area contributed by atoms with Crippen LogP contribution in [0.3, 0.4) is 0 Å². The highest BCUT2D eigenvalue weighted by Crippen LogP contribution is 1.97. The summed E-state index contributed by atoms with van der Waals surface area (Å²) in [6, 6.07) is -1.01. The van der Waals surface area contributed by atoms with Crippen LogP contribution in [0.25, 0.3) is 0 Å². The van der Waals surface area contributed by atoms with E-state index in [9.17, 15) is 9.59 Å². The lowest BCUT2D eigenvalue weighted by Crippen LogP contribution is -2.45. The van der Waals surface area contributed by atoms with E-state index in [1.807, 2.05) is 0 Å². The number of carboxylic acids is 1. The summed E-state index contributed by atoms with van der Waals surface area (Å²) in [7, 11) is 1.71. The first-order valence-electron chi connectivity index (χ1n) is 4.81. The number of carboxylic acid groups (broad SMARTS) is 1. The zero-order valence-corrected chi connectivity index (χ0v) is 8.99. The average Bonchev–Trinajstić information content (AvgIpc) is 2.17. The van der Waals surface area contributed by atoms with E-state index in [1.165, 1.54) is 0 Å². The molecule has 0 radical (unpaired) electrons. The van der Waals surface area contributed by atoms with Crippen molar-refractivity contribution in [3.05, 3.63) is 0 Å². The Morgan fingerprint density at radius 2 is 2.00 bits per heavy atom. The van der Waals surface area contributed by atoms with Gasteiger partial charge in [-0.3, -0.25) is 4.79 Å². The molecule has 88 valence electrons. The molecule has 0 aromatic heterocycles. The Bertz CT molecular complexity index is 220. The molecule has 0 aliphatic heterocycles. The number of amides is 1. The summed E-state index contributed by atoms with van der Waals surface area (Å²) < 4.78 is 0. The quantitative estimate of drug-likeness (QED) is 0.430. The van der Waals surface area contributed by atoms with Gasteiger partial charge in [0, 0.05) is 25.5 Å². The van der Waals surface area contributed by atoms with E-state index in [-0.39, 0.29) is 24.9 Å². The van der Waals surface area contributed by atoms with Crippen LogP contribution in [0.15, 0.2) is 0 Å². The summed E-state index contributed by atoms with van der Waals surface area (Å²) in [4.78, 5) is 22.1. The zero-order valence-electron chi connectivity index (χ0n) is 8.99. The minimum atomic E-state index is -1.13. The second-order valence-corrected chi connectivity index (χ2v) is 3.37. The number of nitrogens with one attached hydrogen (secondary N) is 2. The number of carbonyl (C=O) groups is 2. The van der Waals surface area contributed by atoms with E-state index in [0.29, 0.717) is 6.54 Å². The lowest BCUT2D eigenvalue weighted by molar-refractivity contribution is -0.142. The smallest absolute Gasteiger partial charge is 0.326 e. The van der Waals surface area contributed by atoms with Gasteiger partial charge in [0.15, 0.2) is 0 Å². The fourth-order valence-electron chi connectivity index (χ4n) is 1.10. The summed E-state index contributed by atoms with van der Waals surface area (Å²) in [5.41, 5.74) is 0. The number of aliphatic carboxylic acids is 1. The Morgan fingerprint density at radius 3 is 2.40 bits per heavy atom. The normalized spacial score (nSPS) is 14.3. The molecule has 2 atom stereocenters. The third kappa shape index (κ3) is 5.34. The van der Waals surface area contributed by atoms with Gasteiger partial charge in [-0.2, -0.15) is 0 Å². The van der Waals surface area contributed by atoms with Crippen LogP contribution in [0.2, 0.25) is 0 Å². The molecule has 0 saturated heterocycles.